The summed E-state index contributed by atoms with van der Waals surface area (Å²) in [7, 11) is 0. The molecule has 56 heavy (non-hydrogen) atoms. The number of piperazine rings is 1. The maximum absolute atomic E-state index is 15.4. The molecule has 0 bridgehead atoms. The van der Waals surface area contributed by atoms with Crippen LogP contribution in [0.25, 0.3) is 0 Å². The molecule has 3 aliphatic rings. The summed E-state index contributed by atoms with van der Waals surface area (Å²) in [5.74, 6) is -2.27. The molecule has 3 saturated heterocycles. The number of carbonyl (C=O) groups excluding carboxylic acids is 4. The molecule has 18 heteroatoms. The Kier molecular flexibility index (Phi) is 11.6. The van der Waals surface area contributed by atoms with Crippen molar-refractivity contribution in [2.45, 2.75) is 44.4 Å². The summed E-state index contributed by atoms with van der Waals surface area (Å²) in [6.45, 7) is 6.42. The van der Waals surface area contributed by atoms with Gasteiger partial charge in [-0.1, -0.05) is 6.07 Å². The van der Waals surface area contributed by atoms with Crippen molar-refractivity contribution in [2.75, 3.05) is 66.3 Å². The molecule has 294 valence electrons. The van der Waals surface area contributed by atoms with Gasteiger partial charge >= 0.3 is 6.18 Å². The molecule has 3 fully saturated rings. The van der Waals surface area contributed by atoms with Crippen molar-refractivity contribution in [3.63, 3.8) is 0 Å². The van der Waals surface area contributed by atoms with Crippen LogP contribution in [0.1, 0.15) is 37.8 Å². The normalized spacial score (nSPS) is 19.1. The number of alkyl halides is 3. The molecule has 6 rings (SSSR count). The van der Waals surface area contributed by atoms with Gasteiger partial charge in [-0.05, 0) is 81.0 Å². The predicted octanol–water partition coefficient (Wildman–Crippen LogP) is 4.49. The van der Waals surface area contributed by atoms with Gasteiger partial charge < -0.3 is 20.3 Å². The van der Waals surface area contributed by atoms with Crippen LogP contribution in [0.3, 0.4) is 0 Å². The Hall–Kier alpha value is -5.64. The van der Waals surface area contributed by atoms with Gasteiger partial charge in [0.1, 0.15) is 18.2 Å². The number of nitriles is 1. The van der Waals surface area contributed by atoms with E-state index in [2.05, 4.69) is 20.9 Å². The van der Waals surface area contributed by atoms with Crippen LogP contribution in [0.5, 0.6) is 5.75 Å². The molecule has 3 aromatic carbocycles. The highest BCUT2D eigenvalue weighted by Crippen LogP contribution is 2.40. The lowest BCUT2D eigenvalue weighted by molar-refractivity contribution is -0.138. The van der Waals surface area contributed by atoms with Crippen molar-refractivity contribution in [1.82, 2.24) is 15.1 Å². The summed E-state index contributed by atoms with van der Waals surface area (Å²) in [6, 6.07) is 14.9. The highest BCUT2D eigenvalue weighted by Gasteiger charge is 2.51. The van der Waals surface area contributed by atoms with E-state index < -0.39 is 40.6 Å². The third-order valence-corrected chi connectivity index (χ3v) is 10.1. The number of carbonyl (C=O) groups is 4. The van der Waals surface area contributed by atoms with Crippen LogP contribution >= 0.6 is 12.2 Å². The molecule has 3 N–H and O–H groups in total. The first-order valence-corrected chi connectivity index (χ1v) is 18.1. The first-order valence-electron chi connectivity index (χ1n) is 17.7. The second-order valence-electron chi connectivity index (χ2n) is 14.0. The fourth-order valence-corrected chi connectivity index (χ4v) is 7.31. The predicted molar refractivity (Wildman–Crippen MR) is 202 cm³/mol. The topological polar surface area (TPSA) is 150 Å². The van der Waals surface area contributed by atoms with Crippen molar-refractivity contribution >= 4 is 63.7 Å². The molecule has 0 aromatic heterocycles. The molecular formula is C38H38F4N8O5S. The number of rotatable bonds is 11. The first kappa shape index (κ1) is 40.0. The fraction of sp³-hybridized carbons (Fsp3) is 0.368. The number of nitrogens with zero attached hydrogens (tertiary/aromatic N) is 5. The van der Waals surface area contributed by atoms with E-state index in [1.54, 1.807) is 24.3 Å². The van der Waals surface area contributed by atoms with Crippen LogP contribution < -0.4 is 30.5 Å². The van der Waals surface area contributed by atoms with Crippen LogP contribution in [-0.2, 0) is 25.4 Å². The fourth-order valence-electron chi connectivity index (χ4n) is 6.78. The number of hydrogen-bond acceptors (Lipinski definition) is 10. The van der Waals surface area contributed by atoms with Crippen molar-refractivity contribution in [3.8, 4) is 11.8 Å². The van der Waals surface area contributed by atoms with E-state index in [1.807, 2.05) is 4.90 Å². The Balaban J connectivity index is 0.976. The highest BCUT2D eigenvalue weighted by molar-refractivity contribution is 7.81. The van der Waals surface area contributed by atoms with E-state index in [0.29, 0.717) is 56.6 Å². The van der Waals surface area contributed by atoms with Gasteiger partial charge in [-0.25, -0.2) is 4.39 Å². The minimum Gasteiger partial charge on any atom is -0.489 e. The summed E-state index contributed by atoms with van der Waals surface area (Å²) in [5.41, 5.74) is -1.96. The zero-order valence-electron chi connectivity index (χ0n) is 30.4. The average molecular weight is 795 g/mol. The number of ether oxygens (including phenoxy) is 1. The molecular weight excluding hydrogens is 757 g/mol. The summed E-state index contributed by atoms with van der Waals surface area (Å²) in [5, 5.41) is 17.3. The summed E-state index contributed by atoms with van der Waals surface area (Å²) in [6.07, 6.45) is -4.21. The van der Waals surface area contributed by atoms with Gasteiger partial charge in [0.15, 0.2) is 16.7 Å². The molecule has 1 atom stereocenters. The van der Waals surface area contributed by atoms with Gasteiger partial charge in [0.25, 0.3) is 5.91 Å². The van der Waals surface area contributed by atoms with Gasteiger partial charge in [0.2, 0.25) is 17.7 Å². The lowest BCUT2D eigenvalue weighted by Crippen LogP contribution is -2.49. The number of thiocarbonyl (C=S) groups is 1. The van der Waals surface area contributed by atoms with Gasteiger partial charge in [-0.3, -0.25) is 39.2 Å². The van der Waals surface area contributed by atoms with Gasteiger partial charge in [-0.15, -0.1) is 0 Å². The van der Waals surface area contributed by atoms with Crippen LogP contribution in [0.2, 0.25) is 0 Å². The summed E-state index contributed by atoms with van der Waals surface area (Å²) >= 11 is 5.54. The van der Waals surface area contributed by atoms with Crippen LogP contribution in [0.15, 0.2) is 60.7 Å². The lowest BCUT2D eigenvalue weighted by atomic mass is 10.0. The number of imide groups is 1. The van der Waals surface area contributed by atoms with E-state index >= 15 is 4.39 Å². The molecule has 0 saturated carbocycles. The van der Waals surface area contributed by atoms with E-state index in [0.717, 1.165) is 17.0 Å². The van der Waals surface area contributed by atoms with Gasteiger partial charge in [-0.2, -0.15) is 18.4 Å². The molecule has 3 heterocycles. The number of amides is 4. The van der Waals surface area contributed by atoms with Crippen molar-refractivity contribution < 1.29 is 41.5 Å². The Morgan fingerprint density at radius 2 is 1.70 bits per heavy atom. The van der Waals surface area contributed by atoms with Crippen molar-refractivity contribution in [2.24, 2.45) is 0 Å². The monoisotopic (exact) mass is 794 g/mol. The molecule has 3 aliphatic heterocycles. The molecule has 0 spiro atoms. The molecule has 13 nitrogen and oxygen atoms in total. The van der Waals surface area contributed by atoms with Gasteiger partial charge in [0, 0.05) is 62.3 Å². The number of nitrogens with one attached hydrogen (secondary N) is 3. The number of piperidine rings is 1. The molecule has 0 aliphatic carbocycles. The number of benzene rings is 3. The molecule has 0 radical (unpaired) electrons. The van der Waals surface area contributed by atoms with E-state index in [-0.39, 0.29) is 59.5 Å². The number of halogens is 4. The Labute approximate surface area is 325 Å². The zero-order valence-corrected chi connectivity index (χ0v) is 31.2. The van der Waals surface area contributed by atoms with E-state index in [9.17, 15) is 32.3 Å². The van der Waals surface area contributed by atoms with Crippen LogP contribution in [-0.4, -0.2) is 96.0 Å². The molecule has 1 unspecified atom stereocenters. The van der Waals surface area contributed by atoms with E-state index in [1.165, 1.54) is 43.0 Å². The standard InChI is InChI=1S/C38H38F4N8O5S/c1-37(2)35(54)49(26-7-6-23(21-43)28(19-26)38(40,41)42)36(56)50(37)27-8-10-31(29(39)20-27)55-17-16-47-12-14-48(15-13-47)22-33(52)45-25-5-3-4-24(18-25)44-30-9-11-32(51)46-34(30)53/h3-8,10,18-20,30,44H,9,11-17,22H2,1-2H3,(H,45,52)(H,46,51,53). The van der Waals surface area contributed by atoms with Crippen LogP contribution in [0, 0.1) is 17.1 Å². The summed E-state index contributed by atoms with van der Waals surface area (Å²) in [4.78, 5) is 56.3. The number of anilines is 4. The van der Waals surface area contributed by atoms with Gasteiger partial charge in [0.05, 0.1) is 29.4 Å². The Morgan fingerprint density at radius 1 is 1.00 bits per heavy atom. The Morgan fingerprint density at radius 3 is 2.38 bits per heavy atom. The largest absolute Gasteiger partial charge is 0.489 e. The molecule has 4 amide bonds. The second kappa shape index (κ2) is 16.2. The maximum atomic E-state index is 15.4. The van der Waals surface area contributed by atoms with Crippen LogP contribution in [0.4, 0.5) is 40.3 Å². The van der Waals surface area contributed by atoms with E-state index in [4.69, 9.17) is 22.2 Å². The smallest absolute Gasteiger partial charge is 0.417 e. The second-order valence-corrected chi connectivity index (χ2v) is 14.4. The summed E-state index contributed by atoms with van der Waals surface area (Å²) < 4.78 is 62.1. The van der Waals surface area contributed by atoms with Crippen molar-refractivity contribution in [3.05, 3.63) is 77.6 Å². The van der Waals surface area contributed by atoms with Crippen molar-refractivity contribution in [1.29, 1.82) is 5.26 Å². The maximum Gasteiger partial charge on any atom is 0.417 e. The highest BCUT2D eigenvalue weighted by atomic mass is 32.1. The third kappa shape index (κ3) is 8.75. The number of hydrogen-bond donors (Lipinski definition) is 3. The SMILES string of the molecule is CC1(C)C(=O)N(c2ccc(C#N)c(C(F)(F)F)c2)C(=S)N1c1ccc(OCCN2CCN(CC(=O)Nc3cccc(NC4CCC(=O)NC4=O)c3)CC2)c(F)c1. The minimum absolute atomic E-state index is 0.0338. The Bertz CT molecular complexity index is 2100. The minimum atomic E-state index is -4.84. The first-order chi connectivity index (χ1) is 26.5. The molecule has 3 aromatic rings. The lowest BCUT2D eigenvalue weighted by Gasteiger charge is -2.34. The zero-order chi connectivity index (χ0) is 40.4. The third-order valence-electron chi connectivity index (χ3n) is 9.75. The quantitative estimate of drug-likeness (QED) is 0.143. The average Bonchev–Trinajstić information content (AvgIpc) is 3.32.